The lowest BCUT2D eigenvalue weighted by Gasteiger charge is -2.11. The second-order valence-electron chi connectivity index (χ2n) is 7.63. The fourth-order valence-corrected chi connectivity index (χ4v) is 3.79. The first-order chi connectivity index (χ1) is 15.1. The first-order valence-electron chi connectivity index (χ1n) is 9.89. The third-order valence-electron chi connectivity index (χ3n) is 5.35. The van der Waals surface area contributed by atoms with E-state index >= 15 is 0 Å². The zero-order valence-corrected chi connectivity index (χ0v) is 16.9. The van der Waals surface area contributed by atoms with E-state index in [1.54, 1.807) is 18.2 Å². The topological polar surface area (TPSA) is 127 Å². The second kappa shape index (κ2) is 6.85. The normalized spacial score (nSPS) is 13.7. The summed E-state index contributed by atoms with van der Waals surface area (Å²) >= 11 is 6.20. The Morgan fingerprint density at radius 1 is 0.968 bits per heavy atom. The van der Waals surface area contributed by atoms with Crippen molar-refractivity contribution in [3.8, 4) is 0 Å². The average molecular weight is 433 g/mol. The largest absolute Gasteiger partial charge is 0.324 e. The molecule has 0 aliphatic heterocycles. The van der Waals surface area contributed by atoms with Crippen LogP contribution >= 0.6 is 11.6 Å². The maximum absolute atomic E-state index is 11.7. The quantitative estimate of drug-likeness (QED) is 0.277. The summed E-state index contributed by atoms with van der Waals surface area (Å²) in [5.74, 6) is 2.30. The Balaban J connectivity index is 1.39. The third-order valence-corrected chi connectivity index (χ3v) is 5.59. The van der Waals surface area contributed by atoms with E-state index in [1.165, 1.54) is 12.8 Å². The number of hydrogen-bond acceptors (Lipinski definition) is 6. The highest BCUT2D eigenvalue weighted by molar-refractivity contribution is 6.31. The molecule has 3 aromatic heterocycles. The number of benzene rings is 2. The highest BCUT2D eigenvalue weighted by Crippen LogP contribution is 2.40. The first kappa shape index (κ1) is 18.0. The molecule has 31 heavy (non-hydrogen) atoms. The molecule has 5 aromatic rings. The molecule has 0 saturated heterocycles. The number of aromatic amines is 3. The van der Waals surface area contributed by atoms with E-state index in [0.717, 1.165) is 16.8 Å². The van der Waals surface area contributed by atoms with E-state index in [9.17, 15) is 4.79 Å². The molecule has 3 heterocycles. The van der Waals surface area contributed by atoms with Crippen molar-refractivity contribution in [2.45, 2.75) is 18.8 Å². The molecule has 154 valence electrons. The fourth-order valence-electron chi connectivity index (χ4n) is 3.62. The van der Waals surface area contributed by atoms with Crippen LogP contribution in [0.5, 0.6) is 0 Å². The molecule has 1 saturated carbocycles. The molecule has 1 fully saturated rings. The summed E-state index contributed by atoms with van der Waals surface area (Å²) in [6.07, 6.45) is 2.39. The number of hydrogen-bond donors (Lipinski definition) is 5. The molecule has 2 aromatic carbocycles. The summed E-state index contributed by atoms with van der Waals surface area (Å²) < 4.78 is 0. The zero-order valence-electron chi connectivity index (χ0n) is 16.2. The molecule has 1 aliphatic rings. The van der Waals surface area contributed by atoms with Crippen molar-refractivity contribution in [1.82, 2.24) is 30.4 Å². The van der Waals surface area contributed by atoms with Crippen LogP contribution < -0.4 is 16.2 Å². The molecule has 1 aliphatic carbocycles. The predicted octanol–water partition coefficient (Wildman–Crippen LogP) is 4.54. The van der Waals surface area contributed by atoms with Crippen LogP contribution in [0.3, 0.4) is 0 Å². The van der Waals surface area contributed by atoms with Crippen molar-refractivity contribution in [1.29, 1.82) is 0 Å². The number of nitrogens with one attached hydrogen (secondary N) is 5. The van der Waals surface area contributed by atoms with E-state index in [0.29, 0.717) is 44.9 Å². The van der Waals surface area contributed by atoms with Crippen LogP contribution in [-0.4, -0.2) is 30.4 Å². The van der Waals surface area contributed by atoms with Gasteiger partial charge >= 0.3 is 0 Å². The van der Waals surface area contributed by atoms with Crippen LogP contribution in [0.4, 0.5) is 23.3 Å². The van der Waals surface area contributed by atoms with E-state index in [4.69, 9.17) is 11.6 Å². The molecular weight excluding hydrogens is 416 g/mol. The van der Waals surface area contributed by atoms with Gasteiger partial charge in [-0.05, 0) is 49.2 Å². The summed E-state index contributed by atoms with van der Waals surface area (Å²) in [4.78, 5) is 21.0. The van der Waals surface area contributed by atoms with Crippen LogP contribution in [0.2, 0.25) is 5.02 Å². The van der Waals surface area contributed by atoms with Gasteiger partial charge in [0.2, 0.25) is 5.95 Å². The van der Waals surface area contributed by atoms with Crippen molar-refractivity contribution in [2.24, 2.45) is 0 Å². The average Bonchev–Trinajstić information content (AvgIpc) is 3.40. The molecule has 0 radical (unpaired) electrons. The third kappa shape index (κ3) is 3.38. The summed E-state index contributed by atoms with van der Waals surface area (Å²) in [6.45, 7) is 0. The minimum absolute atomic E-state index is 0.158. The Morgan fingerprint density at radius 3 is 2.71 bits per heavy atom. The van der Waals surface area contributed by atoms with Crippen molar-refractivity contribution in [3.63, 3.8) is 0 Å². The molecule has 5 N–H and O–H groups in total. The van der Waals surface area contributed by atoms with Gasteiger partial charge in [-0.2, -0.15) is 10.1 Å². The van der Waals surface area contributed by atoms with Gasteiger partial charge in [-0.1, -0.05) is 11.6 Å². The van der Waals surface area contributed by atoms with Gasteiger partial charge in [0, 0.05) is 33.8 Å². The molecule has 10 heteroatoms. The van der Waals surface area contributed by atoms with Crippen LogP contribution in [0.1, 0.15) is 24.5 Å². The highest BCUT2D eigenvalue weighted by atomic mass is 35.5. The van der Waals surface area contributed by atoms with Gasteiger partial charge in [0.15, 0.2) is 5.82 Å². The molecule has 0 bridgehead atoms. The van der Waals surface area contributed by atoms with Gasteiger partial charge in [-0.15, -0.1) is 0 Å². The molecular formula is C21H17ClN8O. The molecule has 0 unspecified atom stereocenters. The number of nitrogens with zero attached hydrogens (tertiary/aromatic N) is 3. The van der Waals surface area contributed by atoms with Crippen LogP contribution in [0.15, 0.2) is 47.3 Å². The molecule has 6 rings (SSSR count). The van der Waals surface area contributed by atoms with Gasteiger partial charge in [0.25, 0.3) is 5.56 Å². The van der Waals surface area contributed by atoms with Crippen LogP contribution in [0, 0.1) is 0 Å². The standard InChI is InChI=1S/C21H17ClN8O/c22-11-3-5-13-16(7-11)24-21(23-12-4-6-14-17(8-12)28-30-20(14)31)26-19(13)25-18-9-15(27-29-18)10-1-2-10/h3-10H,1-2H2,(H2,28,30,31)(H3,23,24,25,26,27,29). The Labute approximate surface area is 180 Å². The Bertz CT molecular complexity index is 1500. The fraction of sp³-hybridized carbons (Fsp3) is 0.143. The van der Waals surface area contributed by atoms with Crippen molar-refractivity contribution in [2.75, 3.05) is 10.6 Å². The summed E-state index contributed by atoms with van der Waals surface area (Å²) in [6, 6.07) is 12.9. The zero-order chi connectivity index (χ0) is 20.9. The lowest BCUT2D eigenvalue weighted by atomic mass is 10.2. The number of fused-ring (bicyclic) bond motifs is 2. The number of anilines is 4. The molecule has 0 atom stereocenters. The van der Waals surface area contributed by atoms with Gasteiger partial charge in [0.05, 0.1) is 16.4 Å². The Hall–Kier alpha value is -3.85. The number of rotatable bonds is 5. The van der Waals surface area contributed by atoms with Crippen molar-refractivity contribution < 1.29 is 0 Å². The van der Waals surface area contributed by atoms with Gasteiger partial charge in [-0.3, -0.25) is 20.1 Å². The minimum atomic E-state index is -0.158. The van der Waals surface area contributed by atoms with E-state index in [-0.39, 0.29) is 5.56 Å². The Morgan fingerprint density at radius 2 is 1.84 bits per heavy atom. The number of halogens is 1. The maximum atomic E-state index is 11.7. The van der Waals surface area contributed by atoms with Crippen molar-refractivity contribution in [3.05, 3.63) is 63.5 Å². The highest BCUT2D eigenvalue weighted by Gasteiger charge is 2.25. The summed E-state index contributed by atoms with van der Waals surface area (Å²) in [5, 5.41) is 21.4. The van der Waals surface area contributed by atoms with E-state index < -0.39 is 0 Å². The van der Waals surface area contributed by atoms with Gasteiger partial charge in [-0.25, -0.2) is 4.98 Å². The SMILES string of the molecule is O=c1[nH][nH]c2cc(Nc3nc(Nc4cc(C5CC5)[nH]n4)c4ccc(Cl)cc4n3)ccc12. The maximum Gasteiger partial charge on any atom is 0.271 e. The second-order valence-corrected chi connectivity index (χ2v) is 8.07. The summed E-state index contributed by atoms with van der Waals surface area (Å²) in [5.41, 5.74) is 3.11. The lowest BCUT2D eigenvalue weighted by molar-refractivity contribution is 0.966. The lowest BCUT2D eigenvalue weighted by Crippen LogP contribution is -2.03. The van der Waals surface area contributed by atoms with E-state index in [1.807, 2.05) is 24.3 Å². The van der Waals surface area contributed by atoms with E-state index in [2.05, 4.69) is 41.0 Å². The first-order valence-corrected chi connectivity index (χ1v) is 10.3. The summed E-state index contributed by atoms with van der Waals surface area (Å²) in [7, 11) is 0. The molecule has 0 spiro atoms. The van der Waals surface area contributed by atoms with Crippen LogP contribution in [0.25, 0.3) is 21.8 Å². The number of H-pyrrole nitrogens is 3. The molecule has 9 nitrogen and oxygen atoms in total. The Kier molecular flexibility index (Phi) is 3.97. The monoisotopic (exact) mass is 432 g/mol. The minimum Gasteiger partial charge on any atom is -0.324 e. The number of aromatic nitrogens is 6. The molecule has 0 amide bonds. The van der Waals surface area contributed by atoms with Gasteiger partial charge < -0.3 is 10.6 Å². The smallest absolute Gasteiger partial charge is 0.271 e. The van der Waals surface area contributed by atoms with Gasteiger partial charge in [0.1, 0.15) is 5.82 Å². The predicted molar refractivity (Wildman–Crippen MR) is 121 cm³/mol. The van der Waals surface area contributed by atoms with Crippen LogP contribution in [-0.2, 0) is 0 Å². The van der Waals surface area contributed by atoms with Crippen molar-refractivity contribution >= 4 is 56.7 Å².